The predicted octanol–water partition coefficient (Wildman–Crippen LogP) is 3.43. The van der Waals surface area contributed by atoms with Gasteiger partial charge in [-0.2, -0.15) is 0 Å². The molecule has 1 aromatic heterocycles. The molecule has 0 saturated carbocycles. The number of benzene rings is 2. The SMILES string of the molecule is CCn1nnc2cc(C(=O)Nc3ccccc3SC)ccc21. The Morgan fingerprint density at radius 3 is 2.86 bits per heavy atom. The number of aryl methyl sites for hydroxylation is 1. The van der Waals surface area contributed by atoms with Crippen LogP contribution < -0.4 is 5.32 Å². The van der Waals surface area contributed by atoms with Gasteiger partial charge in [0, 0.05) is 17.0 Å². The van der Waals surface area contributed by atoms with Crippen LogP contribution in [-0.2, 0) is 6.54 Å². The van der Waals surface area contributed by atoms with E-state index in [1.54, 1.807) is 28.6 Å². The summed E-state index contributed by atoms with van der Waals surface area (Å²) in [6.45, 7) is 2.76. The second-order valence-corrected chi connectivity index (χ2v) is 5.61. The zero-order valence-electron chi connectivity index (χ0n) is 12.4. The van der Waals surface area contributed by atoms with Gasteiger partial charge in [-0.05, 0) is 43.5 Å². The summed E-state index contributed by atoms with van der Waals surface area (Å²) < 4.78 is 1.81. The van der Waals surface area contributed by atoms with Crippen molar-refractivity contribution < 1.29 is 4.79 Å². The summed E-state index contributed by atoms with van der Waals surface area (Å²) in [4.78, 5) is 13.5. The first-order valence-electron chi connectivity index (χ1n) is 7.00. The van der Waals surface area contributed by atoms with Crippen molar-refractivity contribution in [2.75, 3.05) is 11.6 Å². The van der Waals surface area contributed by atoms with Crippen LogP contribution in [0.1, 0.15) is 17.3 Å². The van der Waals surface area contributed by atoms with Gasteiger partial charge in [-0.1, -0.05) is 17.3 Å². The summed E-state index contributed by atoms with van der Waals surface area (Å²) >= 11 is 1.60. The molecule has 0 aliphatic rings. The molecule has 0 spiro atoms. The van der Waals surface area contributed by atoms with E-state index in [9.17, 15) is 4.79 Å². The summed E-state index contributed by atoms with van der Waals surface area (Å²) in [5.74, 6) is -0.144. The van der Waals surface area contributed by atoms with Crippen LogP contribution in [0.5, 0.6) is 0 Å². The van der Waals surface area contributed by atoms with Crippen molar-refractivity contribution >= 4 is 34.4 Å². The van der Waals surface area contributed by atoms with Crippen molar-refractivity contribution in [3.63, 3.8) is 0 Å². The second kappa shape index (κ2) is 6.19. The van der Waals surface area contributed by atoms with Crippen LogP contribution in [0.3, 0.4) is 0 Å². The molecule has 1 amide bonds. The minimum atomic E-state index is -0.144. The first-order chi connectivity index (χ1) is 10.7. The molecule has 3 rings (SSSR count). The number of nitrogens with zero attached hydrogens (tertiary/aromatic N) is 3. The van der Waals surface area contributed by atoms with E-state index in [2.05, 4.69) is 15.6 Å². The standard InChI is InChI=1S/C16H16N4OS/c1-3-20-14-9-8-11(10-13(14)18-19-20)16(21)17-12-6-4-5-7-15(12)22-2/h4-10H,3H2,1-2H3,(H,17,21). The number of para-hydroxylation sites is 1. The van der Waals surface area contributed by atoms with Gasteiger partial charge in [0.15, 0.2) is 0 Å². The van der Waals surface area contributed by atoms with Gasteiger partial charge in [-0.25, -0.2) is 4.68 Å². The third-order valence-electron chi connectivity index (χ3n) is 3.43. The molecular weight excluding hydrogens is 296 g/mol. The maximum absolute atomic E-state index is 12.4. The monoisotopic (exact) mass is 312 g/mol. The highest BCUT2D eigenvalue weighted by Gasteiger charge is 2.11. The molecule has 0 aliphatic heterocycles. The van der Waals surface area contributed by atoms with Gasteiger partial charge in [-0.15, -0.1) is 16.9 Å². The molecule has 0 fully saturated rings. The van der Waals surface area contributed by atoms with E-state index in [0.29, 0.717) is 5.56 Å². The maximum atomic E-state index is 12.4. The van der Waals surface area contributed by atoms with E-state index < -0.39 is 0 Å². The Morgan fingerprint density at radius 1 is 1.27 bits per heavy atom. The summed E-state index contributed by atoms with van der Waals surface area (Å²) in [5, 5.41) is 11.1. The Kier molecular flexibility index (Phi) is 4.11. The van der Waals surface area contributed by atoms with Crippen molar-refractivity contribution in [2.24, 2.45) is 0 Å². The topological polar surface area (TPSA) is 59.8 Å². The molecular formula is C16H16N4OS. The van der Waals surface area contributed by atoms with Gasteiger partial charge in [0.1, 0.15) is 5.52 Å². The lowest BCUT2D eigenvalue weighted by Gasteiger charge is -2.09. The van der Waals surface area contributed by atoms with Gasteiger partial charge in [0.2, 0.25) is 0 Å². The number of aromatic nitrogens is 3. The van der Waals surface area contributed by atoms with E-state index in [-0.39, 0.29) is 5.91 Å². The molecule has 1 N–H and O–H groups in total. The lowest BCUT2D eigenvalue weighted by Crippen LogP contribution is -2.12. The lowest BCUT2D eigenvalue weighted by molar-refractivity contribution is 0.102. The third-order valence-corrected chi connectivity index (χ3v) is 4.23. The fourth-order valence-electron chi connectivity index (χ4n) is 2.29. The molecule has 0 aliphatic carbocycles. The van der Waals surface area contributed by atoms with Gasteiger partial charge in [0.25, 0.3) is 5.91 Å². The number of nitrogens with one attached hydrogen (secondary N) is 1. The molecule has 0 unspecified atom stereocenters. The molecule has 0 saturated heterocycles. The van der Waals surface area contributed by atoms with Crippen molar-refractivity contribution in [1.82, 2.24) is 15.0 Å². The van der Waals surface area contributed by atoms with Crippen LogP contribution >= 0.6 is 11.8 Å². The lowest BCUT2D eigenvalue weighted by atomic mass is 10.2. The van der Waals surface area contributed by atoms with Gasteiger partial charge in [-0.3, -0.25) is 4.79 Å². The van der Waals surface area contributed by atoms with Crippen LogP contribution in [0.4, 0.5) is 5.69 Å². The van der Waals surface area contributed by atoms with E-state index in [1.807, 2.05) is 43.5 Å². The Balaban J connectivity index is 1.89. The molecule has 112 valence electrons. The quantitative estimate of drug-likeness (QED) is 0.750. The zero-order valence-corrected chi connectivity index (χ0v) is 13.2. The van der Waals surface area contributed by atoms with E-state index in [4.69, 9.17) is 0 Å². The molecule has 22 heavy (non-hydrogen) atoms. The summed E-state index contributed by atoms with van der Waals surface area (Å²) in [5.41, 5.74) is 3.06. The first-order valence-corrected chi connectivity index (χ1v) is 8.23. The van der Waals surface area contributed by atoms with Gasteiger partial charge in [0.05, 0.1) is 11.2 Å². The van der Waals surface area contributed by atoms with Crippen molar-refractivity contribution in [3.05, 3.63) is 48.0 Å². The van der Waals surface area contributed by atoms with Crippen LogP contribution in [0.15, 0.2) is 47.4 Å². The van der Waals surface area contributed by atoms with E-state index in [0.717, 1.165) is 28.2 Å². The average Bonchev–Trinajstić information content (AvgIpc) is 2.97. The third kappa shape index (κ3) is 2.69. The first kappa shape index (κ1) is 14.6. The number of rotatable bonds is 4. The highest BCUT2D eigenvalue weighted by molar-refractivity contribution is 7.98. The summed E-state index contributed by atoms with van der Waals surface area (Å²) in [6.07, 6.45) is 1.99. The van der Waals surface area contributed by atoms with Crippen LogP contribution in [0, 0.1) is 0 Å². The van der Waals surface area contributed by atoms with E-state index in [1.165, 1.54) is 0 Å². The molecule has 5 nitrogen and oxygen atoms in total. The second-order valence-electron chi connectivity index (χ2n) is 4.76. The van der Waals surface area contributed by atoms with Crippen LogP contribution in [-0.4, -0.2) is 27.2 Å². The fraction of sp³-hybridized carbons (Fsp3) is 0.188. The normalized spacial score (nSPS) is 10.8. The number of anilines is 1. The minimum absolute atomic E-state index is 0.144. The molecule has 0 bridgehead atoms. The molecule has 0 radical (unpaired) electrons. The highest BCUT2D eigenvalue weighted by Crippen LogP contribution is 2.25. The van der Waals surface area contributed by atoms with Gasteiger partial charge >= 0.3 is 0 Å². The molecule has 1 heterocycles. The highest BCUT2D eigenvalue weighted by atomic mass is 32.2. The van der Waals surface area contributed by atoms with Crippen LogP contribution in [0.25, 0.3) is 11.0 Å². The Hall–Kier alpha value is -2.34. The van der Waals surface area contributed by atoms with Crippen LogP contribution in [0.2, 0.25) is 0 Å². The number of thioether (sulfide) groups is 1. The minimum Gasteiger partial charge on any atom is -0.321 e. The zero-order chi connectivity index (χ0) is 15.5. The predicted molar refractivity (Wildman–Crippen MR) is 89.4 cm³/mol. The number of hydrogen-bond donors (Lipinski definition) is 1. The molecule has 3 aromatic rings. The number of hydrogen-bond acceptors (Lipinski definition) is 4. The Bertz CT molecular complexity index is 828. The fourth-order valence-corrected chi connectivity index (χ4v) is 2.84. The van der Waals surface area contributed by atoms with Gasteiger partial charge < -0.3 is 5.32 Å². The summed E-state index contributed by atoms with van der Waals surface area (Å²) in [7, 11) is 0. The summed E-state index contributed by atoms with van der Waals surface area (Å²) in [6, 6.07) is 13.2. The smallest absolute Gasteiger partial charge is 0.255 e. The Morgan fingerprint density at radius 2 is 2.09 bits per heavy atom. The van der Waals surface area contributed by atoms with Crippen molar-refractivity contribution in [3.8, 4) is 0 Å². The number of carbonyl (C=O) groups excluding carboxylic acids is 1. The number of amides is 1. The largest absolute Gasteiger partial charge is 0.321 e. The maximum Gasteiger partial charge on any atom is 0.255 e. The Labute approximate surface area is 132 Å². The molecule has 6 heteroatoms. The van der Waals surface area contributed by atoms with E-state index >= 15 is 0 Å². The van der Waals surface area contributed by atoms with Crippen molar-refractivity contribution in [1.29, 1.82) is 0 Å². The van der Waals surface area contributed by atoms with Crippen molar-refractivity contribution in [2.45, 2.75) is 18.4 Å². The number of fused-ring (bicyclic) bond motifs is 1. The average molecular weight is 312 g/mol. The molecule has 2 aromatic carbocycles. The number of carbonyl (C=O) groups is 1. The molecule has 0 atom stereocenters.